The number of carbonyl (C=O) groups excluding carboxylic acids is 1. The Balaban J connectivity index is 1.38. The van der Waals surface area contributed by atoms with Crippen LogP contribution in [0.3, 0.4) is 0 Å². The number of benzene rings is 1. The van der Waals surface area contributed by atoms with Gasteiger partial charge in [0.1, 0.15) is 18.0 Å². The van der Waals surface area contributed by atoms with Gasteiger partial charge < -0.3 is 15.5 Å². The maximum atomic E-state index is 12.3. The molecule has 1 aliphatic heterocycles. The minimum absolute atomic E-state index is 0.153. The molecule has 1 aromatic carbocycles. The van der Waals surface area contributed by atoms with Gasteiger partial charge in [0.05, 0.1) is 0 Å². The molecule has 2 aromatic heterocycles. The SMILES string of the molecule is O=C(Nc1cccc(CNc2cc(N3CCCCC3)ncn2)c1)c1ccncc1. The molecule has 3 aromatic rings. The molecule has 7 heteroatoms. The van der Waals surface area contributed by atoms with Crippen LogP contribution < -0.4 is 15.5 Å². The largest absolute Gasteiger partial charge is 0.366 e. The summed E-state index contributed by atoms with van der Waals surface area (Å²) in [5.41, 5.74) is 2.38. The zero-order valence-electron chi connectivity index (χ0n) is 16.2. The highest BCUT2D eigenvalue weighted by molar-refractivity contribution is 6.04. The summed E-state index contributed by atoms with van der Waals surface area (Å²) >= 11 is 0. The van der Waals surface area contributed by atoms with E-state index in [1.165, 1.54) is 19.3 Å². The number of nitrogens with zero attached hydrogens (tertiary/aromatic N) is 4. The summed E-state index contributed by atoms with van der Waals surface area (Å²) in [4.78, 5) is 27.3. The van der Waals surface area contributed by atoms with Crippen molar-refractivity contribution in [2.45, 2.75) is 25.8 Å². The van der Waals surface area contributed by atoms with E-state index in [1.807, 2.05) is 30.3 Å². The van der Waals surface area contributed by atoms with Crippen LogP contribution >= 0.6 is 0 Å². The van der Waals surface area contributed by atoms with E-state index >= 15 is 0 Å². The molecule has 0 saturated carbocycles. The van der Waals surface area contributed by atoms with Gasteiger partial charge in [0, 0.05) is 49.3 Å². The second-order valence-corrected chi connectivity index (χ2v) is 7.05. The van der Waals surface area contributed by atoms with Gasteiger partial charge in [-0.2, -0.15) is 0 Å². The molecule has 0 atom stereocenters. The Kier molecular flexibility index (Phi) is 5.95. The number of nitrogens with one attached hydrogen (secondary N) is 2. The summed E-state index contributed by atoms with van der Waals surface area (Å²) in [5, 5.41) is 6.28. The molecule has 1 aliphatic rings. The first kappa shape index (κ1) is 18.9. The van der Waals surface area contributed by atoms with Gasteiger partial charge in [-0.15, -0.1) is 0 Å². The lowest BCUT2D eigenvalue weighted by atomic mass is 10.1. The number of amides is 1. The maximum Gasteiger partial charge on any atom is 0.255 e. The number of carbonyl (C=O) groups is 1. The van der Waals surface area contributed by atoms with Crippen molar-refractivity contribution in [1.82, 2.24) is 15.0 Å². The summed E-state index contributed by atoms with van der Waals surface area (Å²) in [5.74, 6) is 1.62. The Hall–Kier alpha value is -3.48. The van der Waals surface area contributed by atoms with E-state index < -0.39 is 0 Å². The van der Waals surface area contributed by atoms with Gasteiger partial charge in [0.2, 0.25) is 0 Å². The van der Waals surface area contributed by atoms with Crippen molar-refractivity contribution < 1.29 is 4.79 Å². The van der Waals surface area contributed by atoms with E-state index in [1.54, 1.807) is 30.9 Å². The minimum atomic E-state index is -0.153. The molecule has 7 nitrogen and oxygen atoms in total. The number of pyridine rings is 1. The van der Waals surface area contributed by atoms with Crippen molar-refractivity contribution in [3.63, 3.8) is 0 Å². The van der Waals surface area contributed by atoms with Gasteiger partial charge >= 0.3 is 0 Å². The van der Waals surface area contributed by atoms with E-state index in [2.05, 4.69) is 30.5 Å². The maximum absolute atomic E-state index is 12.3. The summed E-state index contributed by atoms with van der Waals surface area (Å²) < 4.78 is 0. The molecule has 3 heterocycles. The van der Waals surface area contributed by atoms with Crippen molar-refractivity contribution in [3.05, 3.63) is 72.3 Å². The van der Waals surface area contributed by atoms with E-state index in [0.29, 0.717) is 12.1 Å². The van der Waals surface area contributed by atoms with Gasteiger partial charge in [-0.3, -0.25) is 9.78 Å². The first-order chi connectivity index (χ1) is 14.3. The molecule has 0 spiro atoms. The average Bonchev–Trinajstić information content (AvgIpc) is 2.79. The molecule has 0 aliphatic carbocycles. The predicted octanol–water partition coefficient (Wildman–Crippen LogP) is 3.73. The Morgan fingerprint density at radius 2 is 1.83 bits per heavy atom. The number of aromatic nitrogens is 3. The first-order valence-corrected chi connectivity index (χ1v) is 9.89. The number of rotatable bonds is 6. The Morgan fingerprint density at radius 3 is 2.66 bits per heavy atom. The molecule has 148 valence electrons. The molecule has 0 unspecified atom stereocenters. The third-order valence-electron chi connectivity index (χ3n) is 4.93. The zero-order chi connectivity index (χ0) is 19.9. The molecule has 1 amide bonds. The van der Waals surface area contributed by atoms with Crippen LogP contribution in [0, 0.1) is 0 Å². The number of piperidine rings is 1. The van der Waals surface area contributed by atoms with Crippen molar-refractivity contribution in [2.24, 2.45) is 0 Å². The lowest BCUT2D eigenvalue weighted by molar-refractivity contribution is 0.102. The number of hydrogen-bond acceptors (Lipinski definition) is 6. The molecule has 29 heavy (non-hydrogen) atoms. The highest BCUT2D eigenvalue weighted by atomic mass is 16.1. The van der Waals surface area contributed by atoms with Crippen LogP contribution in [-0.2, 0) is 6.54 Å². The summed E-state index contributed by atoms with van der Waals surface area (Å²) in [6.45, 7) is 2.71. The fourth-order valence-electron chi connectivity index (χ4n) is 3.40. The smallest absolute Gasteiger partial charge is 0.255 e. The fourth-order valence-corrected chi connectivity index (χ4v) is 3.40. The Morgan fingerprint density at radius 1 is 1.00 bits per heavy atom. The van der Waals surface area contributed by atoms with Crippen LogP contribution in [0.2, 0.25) is 0 Å². The van der Waals surface area contributed by atoms with E-state index in [-0.39, 0.29) is 5.91 Å². The van der Waals surface area contributed by atoms with E-state index in [0.717, 1.165) is 36.0 Å². The van der Waals surface area contributed by atoms with Gasteiger partial charge in [0.25, 0.3) is 5.91 Å². The Labute approximate surface area is 170 Å². The van der Waals surface area contributed by atoms with E-state index in [4.69, 9.17) is 0 Å². The van der Waals surface area contributed by atoms with Crippen LogP contribution in [0.15, 0.2) is 61.2 Å². The monoisotopic (exact) mass is 388 g/mol. The molecule has 0 radical (unpaired) electrons. The lowest BCUT2D eigenvalue weighted by Gasteiger charge is -2.27. The average molecular weight is 388 g/mol. The number of anilines is 3. The highest BCUT2D eigenvalue weighted by Gasteiger charge is 2.12. The highest BCUT2D eigenvalue weighted by Crippen LogP contribution is 2.20. The van der Waals surface area contributed by atoms with Crippen LogP contribution in [0.5, 0.6) is 0 Å². The number of hydrogen-bond donors (Lipinski definition) is 2. The van der Waals surface area contributed by atoms with Crippen LogP contribution in [0.4, 0.5) is 17.3 Å². The second kappa shape index (κ2) is 9.14. The summed E-state index contributed by atoms with van der Waals surface area (Å²) in [6, 6.07) is 13.2. The molecule has 4 rings (SSSR count). The van der Waals surface area contributed by atoms with Crippen molar-refractivity contribution in [1.29, 1.82) is 0 Å². The fraction of sp³-hybridized carbons (Fsp3) is 0.273. The van der Waals surface area contributed by atoms with Gasteiger partial charge in [-0.25, -0.2) is 9.97 Å². The van der Waals surface area contributed by atoms with Crippen LogP contribution in [0.1, 0.15) is 35.2 Å². The topological polar surface area (TPSA) is 83.0 Å². The molecule has 0 bridgehead atoms. The standard InChI is InChI=1S/C22H24N6O/c29-22(18-7-9-23-10-8-18)27-19-6-4-5-17(13-19)15-24-20-14-21(26-16-25-20)28-11-2-1-3-12-28/h4-10,13-14,16H,1-3,11-12,15H2,(H,27,29)(H,24,25,26). The molecule has 1 saturated heterocycles. The molecule has 2 N–H and O–H groups in total. The quantitative estimate of drug-likeness (QED) is 0.670. The van der Waals surface area contributed by atoms with Crippen molar-refractivity contribution >= 4 is 23.2 Å². The van der Waals surface area contributed by atoms with Crippen LogP contribution in [0.25, 0.3) is 0 Å². The summed E-state index contributed by atoms with van der Waals surface area (Å²) in [7, 11) is 0. The van der Waals surface area contributed by atoms with Crippen molar-refractivity contribution in [2.75, 3.05) is 28.6 Å². The van der Waals surface area contributed by atoms with Gasteiger partial charge in [0.15, 0.2) is 0 Å². The third-order valence-corrected chi connectivity index (χ3v) is 4.93. The molecular formula is C22H24N6O. The first-order valence-electron chi connectivity index (χ1n) is 9.89. The van der Waals surface area contributed by atoms with Crippen LogP contribution in [-0.4, -0.2) is 33.9 Å². The normalized spacial score (nSPS) is 13.7. The summed E-state index contributed by atoms with van der Waals surface area (Å²) in [6.07, 6.45) is 8.54. The van der Waals surface area contributed by atoms with E-state index in [9.17, 15) is 4.79 Å². The second-order valence-electron chi connectivity index (χ2n) is 7.05. The lowest BCUT2D eigenvalue weighted by Crippen LogP contribution is -2.30. The van der Waals surface area contributed by atoms with Crippen molar-refractivity contribution in [3.8, 4) is 0 Å². The third kappa shape index (κ3) is 5.07. The van der Waals surface area contributed by atoms with Gasteiger partial charge in [-0.05, 0) is 49.1 Å². The Bertz CT molecular complexity index is 956. The predicted molar refractivity (Wildman–Crippen MR) is 114 cm³/mol. The molecular weight excluding hydrogens is 364 g/mol. The zero-order valence-corrected chi connectivity index (χ0v) is 16.2. The minimum Gasteiger partial charge on any atom is -0.366 e. The molecule has 1 fully saturated rings. The van der Waals surface area contributed by atoms with Gasteiger partial charge in [-0.1, -0.05) is 12.1 Å².